The fraction of sp³-hybridized carbons (Fsp3) is 0.474. The van der Waals surface area contributed by atoms with E-state index in [1.165, 1.54) is 0 Å². The zero-order chi connectivity index (χ0) is 22.6. The number of rotatable bonds is 8. The fourth-order valence-corrected chi connectivity index (χ4v) is 2.51. The molecule has 0 bridgehead atoms. The molecule has 2 heterocycles. The van der Waals surface area contributed by atoms with Crippen molar-refractivity contribution in [1.29, 1.82) is 5.26 Å². The van der Waals surface area contributed by atoms with Crippen LogP contribution in [0, 0.1) is 11.3 Å². The molecule has 0 aromatic carbocycles. The molecular formula is C19H26N6O5. The predicted molar refractivity (Wildman–Crippen MR) is 107 cm³/mol. The van der Waals surface area contributed by atoms with Crippen LogP contribution in [0.25, 0.3) is 0 Å². The Hall–Kier alpha value is -3.52. The standard InChI is InChI=1S/C15H22N6O.C4H4O4/c1-15(2,11-19-14-17-6-4-7-18-14)20-10-13(22)21-8-3-5-12(21)9-16;5-3(6)1-2-4(7)8/h4,6-7,12,20H,3,5,8,10-11H2,1-2H3,(H,17,18,19);1-2H,(H,5,6)(H,7,8)/b;2-1+/t12-;/m0./s1. The minimum absolute atomic E-state index is 0.0203. The Morgan fingerprint density at radius 1 is 1.27 bits per heavy atom. The Labute approximate surface area is 174 Å². The fourth-order valence-electron chi connectivity index (χ4n) is 2.51. The smallest absolute Gasteiger partial charge is 0.328 e. The maximum absolute atomic E-state index is 12.2. The van der Waals surface area contributed by atoms with Crippen LogP contribution >= 0.6 is 0 Å². The summed E-state index contributed by atoms with van der Waals surface area (Å²) in [5, 5.41) is 31.0. The number of carboxylic acid groups (broad SMARTS) is 2. The van der Waals surface area contributed by atoms with Crippen molar-refractivity contribution >= 4 is 23.8 Å². The van der Waals surface area contributed by atoms with Gasteiger partial charge in [0.1, 0.15) is 6.04 Å². The normalized spacial score (nSPS) is 15.8. The molecule has 1 atom stereocenters. The minimum atomic E-state index is -1.26. The van der Waals surface area contributed by atoms with Crippen molar-refractivity contribution in [2.24, 2.45) is 0 Å². The summed E-state index contributed by atoms with van der Waals surface area (Å²) in [6.07, 6.45) is 6.15. The molecule has 0 radical (unpaired) electrons. The third-order valence-electron chi connectivity index (χ3n) is 4.06. The van der Waals surface area contributed by atoms with Gasteiger partial charge in [-0.25, -0.2) is 19.6 Å². The summed E-state index contributed by atoms with van der Waals surface area (Å²) in [7, 11) is 0. The maximum Gasteiger partial charge on any atom is 0.328 e. The molecule has 0 saturated carbocycles. The lowest BCUT2D eigenvalue weighted by molar-refractivity contribution is -0.134. The van der Waals surface area contributed by atoms with E-state index in [2.05, 4.69) is 26.7 Å². The molecule has 1 saturated heterocycles. The zero-order valence-corrected chi connectivity index (χ0v) is 16.9. The highest BCUT2D eigenvalue weighted by molar-refractivity contribution is 5.89. The van der Waals surface area contributed by atoms with Crippen LogP contribution in [-0.4, -0.2) is 74.1 Å². The molecule has 0 spiro atoms. The van der Waals surface area contributed by atoms with Gasteiger partial charge in [-0.1, -0.05) is 0 Å². The van der Waals surface area contributed by atoms with Gasteiger partial charge >= 0.3 is 11.9 Å². The van der Waals surface area contributed by atoms with E-state index in [9.17, 15) is 14.4 Å². The summed E-state index contributed by atoms with van der Waals surface area (Å²) in [4.78, 5) is 41.2. The lowest BCUT2D eigenvalue weighted by atomic mass is 10.1. The summed E-state index contributed by atoms with van der Waals surface area (Å²) in [6, 6.07) is 3.68. The molecule has 0 aliphatic carbocycles. The molecule has 1 aliphatic heterocycles. The van der Waals surface area contributed by atoms with E-state index in [4.69, 9.17) is 15.5 Å². The monoisotopic (exact) mass is 418 g/mol. The summed E-state index contributed by atoms with van der Waals surface area (Å²) in [5.41, 5.74) is -0.295. The number of likely N-dealkylation sites (tertiary alicyclic amines) is 1. The summed E-state index contributed by atoms with van der Waals surface area (Å²) >= 11 is 0. The molecule has 11 nitrogen and oxygen atoms in total. The predicted octanol–water partition coefficient (Wildman–Crippen LogP) is 0.483. The van der Waals surface area contributed by atoms with Gasteiger partial charge in [0.2, 0.25) is 11.9 Å². The minimum Gasteiger partial charge on any atom is -0.478 e. The van der Waals surface area contributed by atoms with Crippen molar-refractivity contribution in [3.63, 3.8) is 0 Å². The second-order valence-electron chi connectivity index (χ2n) is 7.05. The summed E-state index contributed by atoms with van der Waals surface area (Å²) in [5.74, 6) is -1.97. The number of nitrogens with zero attached hydrogens (tertiary/aromatic N) is 4. The molecule has 11 heteroatoms. The average molecular weight is 418 g/mol. The lowest BCUT2D eigenvalue weighted by Gasteiger charge is -2.28. The molecule has 1 aliphatic rings. The van der Waals surface area contributed by atoms with Crippen LogP contribution < -0.4 is 10.6 Å². The van der Waals surface area contributed by atoms with Crippen LogP contribution in [0.1, 0.15) is 26.7 Å². The van der Waals surface area contributed by atoms with Crippen LogP contribution in [0.15, 0.2) is 30.6 Å². The Morgan fingerprint density at radius 3 is 2.40 bits per heavy atom. The zero-order valence-electron chi connectivity index (χ0n) is 16.9. The number of amides is 1. The van der Waals surface area contributed by atoms with Crippen molar-refractivity contribution < 1.29 is 24.6 Å². The quantitative estimate of drug-likeness (QED) is 0.436. The van der Waals surface area contributed by atoms with E-state index in [-0.39, 0.29) is 24.0 Å². The van der Waals surface area contributed by atoms with Crippen LogP contribution in [0.5, 0.6) is 0 Å². The third-order valence-corrected chi connectivity index (χ3v) is 4.06. The SMILES string of the molecule is CC(C)(CNc1ncccn1)NCC(=O)N1CCC[C@H]1C#N.O=C(O)/C=C/C(=O)O. The topological polar surface area (TPSA) is 169 Å². The first-order chi connectivity index (χ1) is 14.1. The number of anilines is 1. The second-order valence-corrected chi connectivity index (χ2v) is 7.05. The van der Waals surface area contributed by atoms with Crippen molar-refractivity contribution in [1.82, 2.24) is 20.2 Å². The van der Waals surface area contributed by atoms with Crippen LogP contribution in [0.4, 0.5) is 5.95 Å². The molecule has 4 N–H and O–H groups in total. The van der Waals surface area contributed by atoms with E-state index in [1.807, 2.05) is 13.8 Å². The van der Waals surface area contributed by atoms with Crippen molar-refractivity contribution in [3.05, 3.63) is 30.6 Å². The Kier molecular flexibility index (Phi) is 9.91. The van der Waals surface area contributed by atoms with Gasteiger partial charge in [-0.15, -0.1) is 0 Å². The van der Waals surface area contributed by atoms with Gasteiger partial charge in [0, 0.05) is 43.2 Å². The first kappa shape index (κ1) is 24.5. The number of carbonyl (C=O) groups excluding carboxylic acids is 1. The highest BCUT2D eigenvalue weighted by Gasteiger charge is 2.29. The van der Waals surface area contributed by atoms with Crippen LogP contribution in [0.2, 0.25) is 0 Å². The number of aliphatic carboxylic acids is 2. The number of nitriles is 1. The van der Waals surface area contributed by atoms with E-state index in [0.29, 0.717) is 31.2 Å². The Balaban J connectivity index is 0.000000479. The van der Waals surface area contributed by atoms with Crippen molar-refractivity contribution in [2.75, 3.05) is 25.0 Å². The van der Waals surface area contributed by atoms with Crippen LogP contribution in [0.3, 0.4) is 0 Å². The second kappa shape index (κ2) is 12.1. The highest BCUT2D eigenvalue weighted by Crippen LogP contribution is 2.16. The van der Waals surface area contributed by atoms with E-state index in [1.54, 1.807) is 23.4 Å². The number of nitrogens with one attached hydrogen (secondary N) is 2. The summed E-state index contributed by atoms with van der Waals surface area (Å²) < 4.78 is 0. The van der Waals surface area contributed by atoms with Gasteiger partial charge in [0.25, 0.3) is 0 Å². The first-order valence-corrected chi connectivity index (χ1v) is 9.23. The summed E-state index contributed by atoms with van der Waals surface area (Å²) in [6.45, 7) is 5.49. The van der Waals surface area contributed by atoms with Gasteiger partial charge in [0.15, 0.2) is 0 Å². The molecule has 2 rings (SSSR count). The molecule has 1 fully saturated rings. The number of aromatic nitrogens is 2. The van der Waals surface area contributed by atoms with Gasteiger partial charge in [-0.05, 0) is 32.8 Å². The molecule has 0 unspecified atom stereocenters. The molecule has 162 valence electrons. The number of hydrogen-bond donors (Lipinski definition) is 4. The Morgan fingerprint density at radius 2 is 1.87 bits per heavy atom. The average Bonchev–Trinajstić information content (AvgIpc) is 3.19. The Bertz CT molecular complexity index is 774. The highest BCUT2D eigenvalue weighted by atomic mass is 16.4. The van der Waals surface area contributed by atoms with Gasteiger partial charge in [-0.2, -0.15) is 5.26 Å². The van der Waals surface area contributed by atoms with E-state index in [0.717, 1.165) is 12.8 Å². The molecule has 1 aromatic rings. The first-order valence-electron chi connectivity index (χ1n) is 9.23. The molecule has 30 heavy (non-hydrogen) atoms. The maximum atomic E-state index is 12.2. The lowest BCUT2D eigenvalue weighted by Crippen LogP contribution is -2.50. The molecular weight excluding hydrogens is 392 g/mol. The van der Waals surface area contributed by atoms with Gasteiger partial charge in [0.05, 0.1) is 12.6 Å². The number of hydrogen-bond acceptors (Lipinski definition) is 8. The number of carboxylic acids is 2. The van der Waals surface area contributed by atoms with Crippen molar-refractivity contribution in [3.8, 4) is 6.07 Å². The van der Waals surface area contributed by atoms with E-state index < -0.39 is 11.9 Å². The van der Waals surface area contributed by atoms with Crippen molar-refractivity contribution in [2.45, 2.75) is 38.3 Å². The number of carbonyl (C=O) groups is 3. The molecule has 1 amide bonds. The molecule has 1 aromatic heterocycles. The van der Waals surface area contributed by atoms with E-state index >= 15 is 0 Å². The largest absolute Gasteiger partial charge is 0.478 e. The van der Waals surface area contributed by atoms with Gasteiger partial charge < -0.3 is 25.7 Å². The van der Waals surface area contributed by atoms with Gasteiger partial charge in [-0.3, -0.25) is 4.79 Å². The third kappa shape index (κ3) is 9.61. The van der Waals surface area contributed by atoms with Crippen LogP contribution in [-0.2, 0) is 14.4 Å².